The van der Waals surface area contributed by atoms with Crippen molar-refractivity contribution < 1.29 is 38.9 Å². The van der Waals surface area contributed by atoms with Gasteiger partial charge in [0.05, 0.1) is 19.6 Å². The van der Waals surface area contributed by atoms with Crippen molar-refractivity contribution in [1.29, 1.82) is 10.5 Å². The smallest absolute Gasteiger partial charge is 0.348 e. The Kier molecular flexibility index (Phi) is 15.7. The number of carboxylic acid groups (broad SMARTS) is 2. The maximum Gasteiger partial charge on any atom is 0.348 e. The number of carbonyl (C=O) groups is 4. The molecule has 12 heteroatoms. The molecule has 0 spiro atoms. The third-order valence-electron chi connectivity index (χ3n) is 8.87. The van der Waals surface area contributed by atoms with E-state index in [-0.39, 0.29) is 43.3 Å². The van der Waals surface area contributed by atoms with E-state index in [9.17, 15) is 39.9 Å². The molecule has 0 aliphatic carbocycles. The third-order valence-corrected chi connectivity index (χ3v) is 8.87. The second-order valence-electron chi connectivity index (χ2n) is 11.9. The number of hydrogen-bond acceptors (Lipinski definition) is 10. The van der Waals surface area contributed by atoms with Crippen molar-refractivity contribution in [3.63, 3.8) is 0 Å². The molecule has 0 unspecified atom stereocenters. The Morgan fingerprint density at radius 1 is 0.760 bits per heavy atom. The van der Waals surface area contributed by atoms with Gasteiger partial charge in [-0.1, -0.05) is 12.1 Å². The van der Waals surface area contributed by atoms with E-state index in [0.29, 0.717) is 37.3 Å². The monoisotopic (exact) mass is 686 g/mol. The first-order valence-corrected chi connectivity index (χ1v) is 16.4. The summed E-state index contributed by atoms with van der Waals surface area (Å²) in [5, 5.41) is 38.7. The third kappa shape index (κ3) is 11.0. The average molecular weight is 687 g/mol. The summed E-state index contributed by atoms with van der Waals surface area (Å²) in [6.45, 7) is 9.58. The topological polar surface area (TPSA) is 181 Å². The van der Waals surface area contributed by atoms with Gasteiger partial charge in [0.25, 0.3) is 0 Å². The van der Waals surface area contributed by atoms with Gasteiger partial charge in [-0.15, -0.1) is 0 Å². The summed E-state index contributed by atoms with van der Waals surface area (Å²) in [6.07, 6.45) is 3.73. The van der Waals surface area contributed by atoms with Crippen LogP contribution >= 0.6 is 0 Å². The number of hydrogen-bond donors (Lipinski definition) is 2. The first-order chi connectivity index (χ1) is 23.8. The van der Waals surface area contributed by atoms with Gasteiger partial charge in [-0.2, -0.15) is 10.5 Å². The highest BCUT2D eigenvalue weighted by molar-refractivity contribution is 5.98. The number of ether oxygens (including phenoxy) is 2. The Bertz CT molecular complexity index is 1590. The van der Waals surface area contributed by atoms with Crippen molar-refractivity contribution in [1.82, 2.24) is 0 Å². The zero-order valence-corrected chi connectivity index (χ0v) is 29.6. The molecule has 0 fully saturated rings. The van der Waals surface area contributed by atoms with E-state index in [0.717, 1.165) is 22.5 Å². The Balaban J connectivity index is 2.38. The van der Waals surface area contributed by atoms with Crippen LogP contribution in [0.1, 0.15) is 68.2 Å². The van der Waals surface area contributed by atoms with E-state index in [1.165, 1.54) is 26.4 Å². The maximum absolute atomic E-state index is 13.1. The Morgan fingerprint density at radius 2 is 1.18 bits per heavy atom. The van der Waals surface area contributed by atoms with E-state index in [4.69, 9.17) is 0 Å². The van der Waals surface area contributed by atoms with Crippen molar-refractivity contribution in [3.05, 3.63) is 69.8 Å². The van der Waals surface area contributed by atoms with Gasteiger partial charge < -0.3 is 29.5 Å². The number of carbonyl (C=O) groups excluding carboxylic acids is 2. The number of nitrogens with zero attached hydrogens (tertiary/aromatic N) is 4. The highest BCUT2D eigenvalue weighted by atomic mass is 16.5. The summed E-state index contributed by atoms with van der Waals surface area (Å²) < 4.78 is 9.35. The number of carboxylic acids is 2. The quantitative estimate of drug-likeness (QED) is 0.101. The lowest BCUT2D eigenvalue weighted by atomic mass is 9.76. The molecule has 0 radical (unpaired) electrons. The van der Waals surface area contributed by atoms with Gasteiger partial charge in [0, 0.05) is 44.0 Å². The summed E-state index contributed by atoms with van der Waals surface area (Å²) >= 11 is 0. The molecular formula is C38H46N4O8. The Hall–Kier alpha value is -5.62. The molecule has 2 rings (SSSR count). The lowest BCUT2D eigenvalue weighted by molar-refractivity contribution is -0.151. The minimum absolute atomic E-state index is 0.126. The van der Waals surface area contributed by atoms with E-state index < -0.39 is 29.3 Å². The molecule has 0 saturated heterocycles. The summed E-state index contributed by atoms with van der Waals surface area (Å²) in [5.41, 5.74) is 3.20. The number of rotatable bonds is 19. The highest BCUT2D eigenvalue weighted by Crippen LogP contribution is 2.36. The van der Waals surface area contributed by atoms with Crippen LogP contribution in [-0.2, 0) is 28.7 Å². The van der Waals surface area contributed by atoms with E-state index in [1.807, 2.05) is 64.1 Å². The van der Waals surface area contributed by atoms with Gasteiger partial charge in [0.1, 0.15) is 23.3 Å². The van der Waals surface area contributed by atoms with Crippen LogP contribution in [0.2, 0.25) is 0 Å². The first kappa shape index (κ1) is 40.6. The zero-order valence-electron chi connectivity index (χ0n) is 29.6. The Morgan fingerprint density at radius 3 is 1.48 bits per heavy atom. The van der Waals surface area contributed by atoms with Gasteiger partial charge in [-0.3, -0.25) is 9.59 Å². The lowest BCUT2D eigenvalue weighted by Gasteiger charge is -2.35. The van der Waals surface area contributed by atoms with Crippen LogP contribution in [0.5, 0.6) is 0 Å². The molecular weight excluding hydrogens is 640 g/mol. The minimum atomic E-state index is -1.21. The van der Waals surface area contributed by atoms with E-state index in [1.54, 1.807) is 12.1 Å². The summed E-state index contributed by atoms with van der Waals surface area (Å²) in [5.74, 6) is -3.42. The van der Waals surface area contributed by atoms with Crippen molar-refractivity contribution in [2.45, 2.75) is 59.8 Å². The molecule has 266 valence electrons. The largest absolute Gasteiger partial charge is 0.481 e. The summed E-state index contributed by atoms with van der Waals surface area (Å²) in [7, 11) is 2.42. The Labute approximate surface area is 293 Å². The number of methoxy groups -OCH3 is 2. The molecule has 0 aliphatic rings. The fourth-order valence-electron chi connectivity index (χ4n) is 5.75. The van der Waals surface area contributed by atoms with Crippen molar-refractivity contribution >= 4 is 47.4 Å². The predicted molar refractivity (Wildman–Crippen MR) is 190 cm³/mol. The van der Waals surface area contributed by atoms with Crippen molar-refractivity contribution in [2.75, 3.05) is 50.2 Å². The first-order valence-electron chi connectivity index (χ1n) is 16.4. The molecule has 2 aromatic carbocycles. The highest BCUT2D eigenvalue weighted by Gasteiger charge is 2.38. The molecule has 0 bridgehead atoms. The number of aryl methyl sites for hydroxylation is 2. The van der Waals surface area contributed by atoms with Crippen LogP contribution in [-0.4, -0.2) is 74.5 Å². The number of benzene rings is 2. The molecule has 0 aliphatic heterocycles. The van der Waals surface area contributed by atoms with Crippen LogP contribution < -0.4 is 9.80 Å². The SMILES string of the molecule is CCN(CCC(CCCC(=O)O)(CCN(CC)c1ccc(C=C(C#N)C(=O)OC)c(C)c1)C(=O)O)c1ccc(C=C(C#N)C(=O)OC)c(C)c1. The minimum Gasteiger partial charge on any atom is -0.481 e. The van der Waals surface area contributed by atoms with Crippen LogP contribution in [0.25, 0.3) is 12.2 Å². The van der Waals surface area contributed by atoms with Crippen molar-refractivity contribution in [2.24, 2.45) is 5.41 Å². The molecule has 0 heterocycles. The molecule has 50 heavy (non-hydrogen) atoms. The zero-order chi connectivity index (χ0) is 37.4. The van der Waals surface area contributed by atoms with Crippen LogP contribution in [0, 0.1) is 41.9 Å². The van der Waals surface area contributed by atoms with Crippen molar-refractivity contribution in [3.8, 4) is 12.1 Å². The molecule has 2 aromatic rings. The molecule has 12 nitrogen and oxygen atoms in total. The summed E-state index contributed by atoms with van der Waals surface area (Å²) in [6, 6.07) is 14.8. The molecule has 0 amide bonds. The standard InChI is InChI=1S/C38H46N4O8/c1-7-41(32-13-11-28(26(3)20-32)22-30(24-39)35(45)49-5)18-16-38(37(47)48,15-9-10-34(43)44)17-19-42(8-2)33-14-12-29(27(4)21-33)23-31(25-40)36(46)50-6/h11-14,20-23H,7-10,15-19H2,1-6H3,(H,43,44)(H,47,48). The number of aliphatic carboxylic acids is 2. The van der Waals surface area contributed by atoms with Crippen LogP contribution in [0.15, 0.2) is 47.5 Å². The predicted octanol–water partition coefficient (Wildman–Crippen LogP) is 5.92. The van der Waals surface area contributed by atoms with Crippen LogP contribution in [0.3, 0.4) is 0 Å². The van der Waals surface area contributed by atoms with Crippen LogP contribution in [0.4, 0.5) is 11.4 Å². The molecule has 0 saturated carbocycles. The summed E-state index contributed by atoms with van der Waals surface area (Å²) in [4.78, 5) is 52.4. The molecule has 2 N–H and O–H groups in total. The molecule has 0 aromatic heterocycles. The fourth-order valence-corrected chi connectivity index (χ4v) is 5.75. The normalized spacial score (nSPS) is 12.6. The fraction of sp³-hybridized carbons (Fsp3) is 0.421. The lowest BCUT2D eigenvalue weighted by Crippen LogP contribution is -2.40. The van der Waals surface area contributed by atoms with Gasteiger partial charge >= 0.3 is 23.9 Å². The number of anilines is 2. The van der Waals surface area contributed by atoms with Gasteiger partial charge in [-0.25, -0.2) is 9.59 Å². The number of nitriles is 2. The average Bonchev–Trinajstić information content (AvgIpc) is 3.10. The maximum atomic E-state index is 13.1. The second kappa shape index (κ2) is 19.4. The van der Waals surface area contributed by atoms with Gasteiger partial charge in [0.15, 0.2) is 0 Å². The number of esters is 2. The molecule has 0 atom stereocenters. The van der Waals surface area contributed by atoms with Gasteiger partial charge in [0.2, 0.25) is 0 Å². The van der Waals surface area contributed by atoms with E-state index >= 15 is 0 Å². The second-order valence-corrected chi connectivity index (χ2v) is 11.9. The van der Waals surface area contributed by atoms with E-state index in [2.05, 4.69) is 19.3 Å². The van der Waals surface area contributed by atoms with Gasteiger partial charge in [-0.05, 0) is 112 Å².